The summed E-state index contributed by atoms with van der Waals surface area (Å²) in [6, 6.07) is 7.44. The zero-order valence-electron chi connectivity index (χ0n) is 16.9. The number of nitrogens with one attached hydrogen (secondary N) is 1. The Balaban J connectivity index is 2.09. The first kappa shape index (κ1) is 20.5. The van der Waals surface area contributed by atoms with E-state index in [2.05, 4.69) is 16.0 Å². The van der Waals surface area contributed by atoms with Crippen LogP contribution >= 0.6 is 0 Å². The molecule has 3 rings (SSSR count). The van der Waals surface area contributed by atoms with Gasteiger partial charge in [0.2, 0.25) is 0 Å². The van der Waals surface area contributed by atoms with Gasteiger partial charge in [-0.3, -0.25) is 14.5 Å². The summed E-state index contributed by atoms with van der Waals surface area (Å²) in [4.78, 5) is 29.9. The lowest BCUT2D eigenvalue weighted by Gasteiger charge is -2.41. The van der Waals surface area contributed by atoms with Crippen molar-refractivity contribution in [2.24, 2.45) is 0 Å². The number of methoxy groups -OCH3 is 3. The topological polar surface area (TPSA) is 80.9 Å². The molecule has 7 nitrogen and oxygen atoms in total. The van der Waals surface area contributed by atoms with Crippen molar-refractivity contribution < 1.29 is 23.8 Å². The fraction of sp³-hybridized carbons (Fsp3) is 0.524. The summed E-state index contributed by atoms with van der Waals surface area (Å²) < 4.78 is 16.0. The van der Waals surface area contributed by atoms with Gasteiger partial charge in [-0.15, -0.1) is 0 Å². The Morgan fingerprint density at radius 2 is 1.93 bits per heavy atom. The first-order chi connectivity index (χ1) is 13.5. The van der Waals surface area contributed by atoms with Gasteiger partial charge in [0.1, 0.15) is 11.8 Å². The minimum Gasteiger partial charge on any atom is -0.468 e. The highest BCUT2D eigenvalue weighted by molar-refractivity contribution is 5.87. The molecule has 152 valence electrons. The van der Waals surface area contributed by atoms with E-state index in [9.17, 15) is 9.59 Å². The second-order valence-corrected chi connectivity index (χ2v) is 7.15. The molecule has 1 N–H and O–H groups in total. The second kappa shape index (κ2) is 8.86. The molecular weight excluding hydrogens is 360 g/mol. The number of Topliss-reactive ketones (excluding diaryl/α,β-unsaturated/α-hetero) is 1. The highest BCUT2D eigenvalue weighted by Crippen LogP contribution is 2.40. The van der Waals surface area contributed by atoms with E-state index in [0.29, 0.717) is 25.8 Å². The van der Waals surface area contributed by atoms with E-state index in [1.807, 2.05) is 18.2 Å². The van der Waals surface area contributed by atoms with Crippen molar-refractivity contribution in [2.45, 2.75) is 44.6 Å². The van der Waals surface area contributed by atoms with Crippen LogP contribution in [0, 0.1) is 0 Å². The number of aromatic nitrogens is 1. The van der Waals surface area contributed by atoms with Gasteiger partial charge in [-0.05, 0) is 18.6 Å². The summed E-state index contributed by atoms with van der Waals surface area (Å²) in [5.74, 6) is -0.212. The number of esters is 1. The number of ether oxygens (including phenoxy) is 3. The normalized spacial score (nSPS) is 19.8. The lowest BCUT2D eigenvalue weighted by molar-refractivity contribution is -0.152. The van der Waals surface area contributed by atoms with Gasteiger partial charge in [-0.2, -0.15) is 0 Å². The first-order valence-corrected chi connectivity index (χ1v) is 9.48. The zero-order chi connectivity index (χ0) is 20.3. The monoisotopic (exact) mass is 388 g/mol. The van der Waals surface area contributed by atoms with E-state index in [-0.39, 0.29) is 17.8 Å². The maximum Gasteiger partial charge on any atom is 0.323 e. The van der Waals surface area contributed by atoms with Gasteiger partial charge in [-0.25, -0.2) is 0 Å². The van der Waals surface area contributed by atoms with Crippen molar-refractivity contribution in [1.29, 1.82) is 0 Å². The molecule has 2 heterocycles. The number of benzene rings is 1. The molecule has 1 aromatic carbocycles. The summed E-state index contributed by atoms with van der Waals surface area (Å²) in [6.07, 6.45) is 0.994. The lowest BCUT2D eigenvalue weighted by atomic mass is 9.89. The molecule has 0 aliphatic carbocycles. The molecule has 1 aliphatic heterocycles. The van der Waals surface area contributed by atoms with E-state index in [1.54, 1.807) is 21.1 Å². The standard InChI is InChI=1S/C21H28N2O5/c1-13(24)9-10-23-17(12-19(26-2)27-3)20-15(11-18(23)21(25)28-4)14-7-5-6-8-16(14)22-20/h5-8,17-19,22H,9-12H2,1-4H3/t17-,18+/m1/s1. The molecule has 0 saturated heterocycles. The van der Waals surface area contributed by atoms with Gasteiger partial charge < -0.3 is 19.2 Å². The Kier molecular flexibility index (Phi) is 6.49. The molecule has 0 radical (unpaired) electrons. The number of para-hydroxylation sites is 1. The Labute approximate surface area is 164 Å². The van der Waals surface area contributed by atoms with Crippen molar-refractivity contribution in [3.8, 4) is 0 Å². The van der Waals surface area contributed by atoms with Crippen LogP contribution in [-0.4, -0.2) is 61.8 Å². The maximum absolute atomic E-state index is 12.6. The number of ketones is 1. The van der Waals surface area contributed by atoms with Crippen molar-refractivity contribution >= 4 is 22.7 Å². The largest absolute Gasteiger partial charge is 0.468 e. The highest BCUT2D eigenvalue weighted by Gasteiger charge is 2.41. The van der Waals surface area contributed by atoms with Crippen molar-refractivity contribution in [3.63, 3.8) is 0 Å². The van der Waals surface area contributed by atoms with Crippen LogP contribution in [0.15, 0.2) is 24.3 Å². The Morgan fingerprint density at radius 3 is 2.57 bits per heavy atom. The number of carbonyl (C=O) groups is 2. The Bertz CT molecular complexity index is 842. The number of rotatable bonds is 8. The first-order valence-electron chi connectivity index (χ1n) is 9.48. The van der Waals surface area contributed by atoms with Crippen LogP contribution in [0.5, 0.6) is 0 Å². The van der Waals surface area contributed by atoms with Crippen LogP contribution in [0.2, 0.25) is 0 Å². The number of nitrogens with zero attached hydrogens (tertiary/aromatic N) is 1. The number of carbonyl (C=O) groups excluding carboxylic acids is 2. The third-order valence-electron chi connectivity index (χ3n) is 5.51. The molecule has 7 heteroatoms. The molecular formula is C21H28N2O5. The van der Waals surface area contributed by atoms with Gasteiger partial charge in [-0.1, -0.05) is 18.2 Å². The van der Waals surface area contributed by atoms with Gasteiger partial charge in [0.05, 0.1) is 13.2 Å². The average molecular weight is 388 g/mol. The SMILES string of the molecule is COC(=O)[C@@H]1Cc2c([nH]c3ccccc23)[C@@H](CC(OC)OC)N1CCC(C)=O. The molecule has 1 aliphatic rings. The van der Waals surface area contributed by atoms with Crippen molar-refractivity contribution in [1.82, 2.24) is 9.88 Å². The molecule has 0 amide bonds. The molecule has 0 saturated carbocycles. The number of aromatic amines is 1. The molecule has 2 atom stereocenters. The molecule has 2 aromatic rings. The predicted molar refractivity (Wildman–Crippen MR) is 105 cm³/mol. The molecule has 1 aromatic heterocycles. The molecule has 0 fully saturated rings. The predicted octanol–water partition coefficient (Wildman–Crippen LogP) is 2.60. The zero-order valence-corrected chi connectivity index (χ0v) is 16.9. The van der Waals surface area contributed by atoms with E-state index < -0.39 is 12.3 Å². The summed E-state index contributed by atoms with van der Waals surface area (Å²) in [5.41, 5.74) is 3.19. The summed E-state index contributed by atoms with van der Waals surface area (Å²) >= 11 is 0. The van der Waals surface area contributed by atoms with Crippen LogP contribution in [-0.2, 0) is 30.2 Å². The number of hydrogen-bond donors (Lipinski definition) is 1. The van der Waals surface area contributed by atoms with Gasteiger partial charge in [0, 0.05) is 56.6 Å². The van der Waals surface area contributed by atoms with E-state index in [1.165, 1.54) is 7.11 Å². The summed E-state index contributed by atoms with van der Waals surface area (Å²) in [7, 11) is 4.60. The van der Waals surface area contributed by atoms with Crippen LogP contribution < -0.4 is 0 Å². The molecule has 0 unspecified atom stereocenters. The van der Waals surface area contributed by atoms with Crippen LogP contribution in [0.25, 0.3) is 10.9 Å². The molecule has 0 bridgehead atoms. The lowest BCUT2D eigenvalue weighted by Crippen LogP contribution is -2.50. The van der Waals surface area contributed by atoms with E-state index in [0.717, 1.165) is 22.2 Å². The van der Waals surface area contributed by atoms with E-state index >= 15 is 0 Å². The molecule has 28 heavy (non-hydrogen) atoms. The smallest absolute Gasteiger partial charge is 0.323 e. The Hall–Kier alpha value is -2.22. The second-order valence-electron chi connectivity index (χ2n) is 7.15. The molecule has 0 spiro atoms. The summed E-state index contributed by atoms with van der Waals surface area (Å²) in [5, 5.41) is 1.11. The fourth-order valence-corrected chi connectivity index (χ4v) is 4.10. The number of fused-ring (bicyclic) bond motifs is 3. The third-order valence-corrected chi connectivity index (χ3v) is 5.51. The number of hydrogen-bond acceptors (Lipinski definition) is 6. The van der Waals surface area contributed by atoms with Crippen molar-refractivity contribution in [2.75, 3.05) is 27.9 Å². The van der Waals surface area contributed by atoms with Gasteiger partial charge in [0.25, 0.3) is 0 Å². The van der Waals surface area contributed by atoms with E-state index in [4.69, 9.17) is 14.2 Å². The maximum atomic E-state index is 12.6. The van der Waals surface area contributed by atoms with Crippen LogP contribution in [0.4, 0.5) is 0 Å². The third kappa shape index (κ3) is 3.97. The average Bonchev–Trinajstić information content (AvgIpc) is 3.08. The van der Waals surface area contributed by atoms with Gasteiger partial charge >= 0.3 is 5.97 Å². The fourth-order valence-electron chi connectivity index (χ4n) is 4.10. The summed E-state index contributed by atoms with van der Waals surface area (Å²) in [6.45, 7) is 2.03. The highest BCUT2D eigenvalue weighted by atomic mass is 16.7. The Morgan fingerprint density at radius 1 is 1.21 bits per heavy atom. The van der Waals surface area contributed by atoms with Crippen molar-refractivity contribution in [3.05, 3.63) is 35.5 Å². The minimum atomic E-state index is -0.463. The quantitative estimate of drug-likeness (QED) is 0.553. The van der Waals surface area contributed by atoms with Crippen LogP contribution in [0.1, 0.15) is 37.1 Å². The van der Waals surface area contributed by atoms with Gasteiger partial charge in [0.15, 0.2) is 6.29 Å². The number of H-pyrrole nitrogens is 1. The van der Waals surface area contributed by atoms with Crippen LogP contribution in [0.3, 0.4) is 0 Å². The minimum absolute atomic E-state index is 0.0832.